The SMILES string of the molecule is CC/C=C\C/C=C\C/C=C\C/C=C\C/C=C\C/C=C\C/C=C\C/C=C\C/C=C\C/C=C\CCCCCCCCC(=O)NC(COP(=O)(O)OCC[N+](C)(C)C)C(O)CCCCCCCCCCCCCCCCCCCCCCCCCCC. The number of aliphatic hydroxyl groups is 1. The van der Waals surface area contributed by atoms with Gasteiger partial charge in [-0.25, -0.2) is 4.57 Å². The summed E-state index contributed by atoms with van der Waals surface area (Å²) in [5.74, 6) is -0.160. The lowest BCUT2D eigenvalue weighted by molar-refractivity contribution is -0.870. The second-order valence-corrected chi connectivity index (χ2v) is 26.0. The molecule has 3 N–H and O–H groups in total. The van der Waals surface area contributed by atoms with Gasteiger partial charge in [0.1, 0.15) is 13.2 Å². The number of quaternary nitrogens is 1. The van der Waals surface area contributed by atoms with Gasteiger partial charge in [-0.15, -0.1) is 0 Å². The monoisotopic (exact) mass is 1190 g/mol. The number of aliphatic hydroxyl groups excluding tert-OH is 1. The van der Waals surface area contributed by atoms with Crippen LogP contribution in [-0.2, 0) is 18.4 Å². The number of hydrogen-bond donors (Lipinski definition) is 3. The number of rotatable bonds is 63. The van der Waals surface area contributed by atoms with Gasteiger partial charge in [-0.05, 0) is 89.9 Å². The maximum Gasteiger partial charge on any atom is 0.472 e. The molecule has 3 atom stereocenters. The van der Waals surface area contributed by atoms with Gasteiger partial charge in [-0.3, -0.25) is 13.8 Å². The van der Waals surface area contributed by atoms with E-state index in [1.165, 1.54) is 154 Å². The van der Waals surface area contributed by atoms with Crippen LogP contribution in [0.25, 0.3) is 0 Å². The average Bonchev–Trinajstić information content (AvgIpc) is 3.56. The minimum Gasteiger partial charge on any atom is -0.391 e. The molecule has 84 heavy (non-hydrogen) atoms. The predicted molar refractivity (Wildman–Crippen MR) is 368 cm³/mol. The summed E-state index contributed by atoms with van der Waals surface area (Å²) >= 11 is 0. The van der Waals surface area contributed by atoms with Crippen molar-refractivity contribution >= 4 is 13.7 Å². The molecular weight excluding hydrogens is 1060 g/mol. The van der Waals surface area contributed by atoms with Crippen molar-refractivity contribution in [3.63, 3.8) is 0 Å². The third-order valence-corrected chi connectivity index (χ3v) is 16.2. The molecule has 0 bridgehead atoms. The summed E-state index contributed by atoms with van der Waals surface area (Å²) in [5.41, 5.74) is 0. The lowest BCUT2D eigenvalue weighted by atomic mass is 10.0. The summed E-state index contributed by atoms with van der Waals surface area (Å²) in [6.45, 7) is 4.78. The van der Waals surface area contributed by atoms with E-state index in [0.717, 1.165) is 116 Å². The normalized spacial score (nSPS) is 14.4. The van der Waals surface area contributed by atoms with Gasteiger partial charge in [-0.1, -0.05) is 322 Å². The molecule has 0 aromatic heterocycles. The van der Waals surface area contributed by atoms with Crippen molar-refractivity contribution in [3.8, 4) is 0 Å². The van der Waals surface area contributed by atoms with Crippen molar-refractivity contribution in [3.05, 3.63) is 122 Å². The first-order valence-electron chi connectivity index (χ1n) is 34.9. The summed E-state index contributed by atoms with van der Waals surface area (Å²) in [7, 11) is 1.60. The minimum atomic E-state index is -4.34. The van der Waals surface area contributed by atoms with E-state index in [0.29, 0.717) is 23.9 Å². The molecule has 0 aliphatic heterocycles. The van der Waals surface area contributed by atoms with Gasteiger partial charge in [0.2, 0.25) is 5.91 Å². The standard InChI is InChI=1S/C75H133N2O6P/c1-6-8-10-12-14-16-18-20-22-24-26-28-30-32-33-34-35-36-37-38-39-40-41-42-43-45-47-49-51-53-55-57-59-61-63-65-67-69-75(79)76-73(72-83-84(80,81)82-71-70-77(3,4)5)74(78)68-66-64-62-60-58-56-54-52-50-48-46-44-31-29-27-25-23-21-19-17-15-13-11-9-7-2/h8,10,14,16,20,22,26,28,32-33,35-36,38-39,41-42,45,47,51,53,73-74,78H,6-7,9,11-13,15,17-19,21,23-25,27,29-31,34,37,40,43-44,46,48-50,52,54-72H2,1-5H3,(H-,76,79,80,81)/p+1/b10-8-,16-14-,22-20-,28-26-,33-32-,36-35-,39-38-,42-41-,47-45-,53-51-. The Morgan fingerprint density at radius 2 is 0.714 bits per heavy atom. The Labute approximate surface area is 520 Å². The molecule has 0 heterocycles. The molecule has 0 radical (unpaired) electrons. The highest BCUT2D eigenvalue weighted by Gasteiger charge is 2.28. The zero-order chi connectivity index (χ0) is 61.2. The van der Waals surface area contributed by atoms with Crippen LogP contribution in [0.4, 0.5) is 0 Å². The van der Waals surface area contributed by atoms with E-state index in [-0.39, 0.29) is 19.1 Å². The number of allylic oxidation sites excluding steroid dienone is 20. The van der Waals surface area contributed by atoms with E-state index >= 15 is 0 Å². The van der Waals surface area contributed by atoms with Crippen LogP contribution in [0.1, 0.15) is 296 Å². The first-order valence-corrected chi connectivity index (χ1v) is 36.4. The Kier molecular flexibility index (Phi) is 62.0. The van der Waals surface area contributed by atoms with E-state index in [2.05, 4.69) is 141 Å². The largest absolute Gasteiger partial charge is 0.472 e. The second-order valence-electron chi connectivity index (χ2n) is 24.5. The van der Waals surface area contributed by atoms with E-state index in [4.69, 9.17) is 9.05 Å². The van der Waals surface area contributed by atoms with Gasteiger partial charge in [0.15, 0.2) is 0 Å². The van der Waals surface area contributed by atoms with Crippen molar-refractivity contribution < 1.29 is 32.9 Å². The quantitative estimate of drug-likeness (QED) is 0.0243. The summed E-state index contributed by atoms with van der Waals surface area (Å²) in [6.07, 6.45) is 95.7. The van der Waals surface area contributed by atoms with Crippen LogP contribution >= 0.6 is 7.82 Å². The predicted octanol–water partition coefficient (Wildman–Crippen LogP) is 22.4. The van der Waals surface area contributed by atoms with E-state index in [9.17, 15) is 19.4 Å². The van der Waals surface area contributed by atoms with Gasteiger partial charge in [0.25, 0.3) is 0 Å². The topological polar surface area (TPSA) is 105 Å². The van der Waals surface area contributed by atoms with Crippen molar-refractivity contribution in [2.24, 2.45) is 0 Å². The van der Waals surface area contributed by atoms with Crippen molar-refractivity contribution in [1.29, 1.82) is 0 Å². The summed E-state index contributed by atoms with van der Waals surface area (Å²) < 4.78 is 23.9. The fourth-order valence-electron chi connectivity index (χ4n) is 9.84. The molecule has 0 spiro atoms. The van der Waals surface area contributed by atoms with Crippen LogP contribution in [0.3, 0.4) is 0 Å². The molecule has 8 nitrogen and oxygen atoms in total. The molecular formula is C75H134N2O6P+. The Bertz CT molecular complexity index is 1780. The number of carbonyl (C=O) groups excluding carboxylic acids is 1. The van der Waals surface area contributed by atoms with Gasteiger partial charge in [0, 0.05) is 6.42 Å². The second kappa shape index (κ2) is 64.4. The van der Waals surface area contributed by atoms with Crippen LogP contribution in [0.2, 0.25) is 0 Å². The third-order valence-electron chi connectivity index (χ3n) is 15.2. The summed E-state index contributed by atoms with van der Waals surface area (Å²) in [4.78, 5) is 23.5. The molecule has 0 aromatic rings. The summed E-state index contributed by atoms with van der Waals surface area (Å²) in [6, 6.07) is -0.779. The van der Waals surface area contributed by atoms with Crippen LogP contribution in [0, 0.1) is 0 Å². The average molecular weight is 1190 g/mol. The number of phosphoric ester groups is 1. The molecule has 3 unspecified atom stereocenters. The van der Waals surface area contributed by atoms with Crippen molar-refractivity contribution in [1.82, 2.24) is 5.32 Å². The molecule has 0 aliphatic carbocycles. The molecule has 0 aromatic carbocycles. The Hall–Kier alpha value is -3.10. The Morgan fingerprint density at radius 3 is 1.05 bits per heavy atom. The van der Waals surface area contributed by atoms with Crippen LogP contribution in [0.5, 0.6) is 0 Å². The molecule has 1 amide bonds. The number of unbranched alkanes of at least 4 members (excludes halogenated alkanes) is 30. The molecule has 0 fully saturated rings. The van der Waals surface area contributed by atoms with Gasteiger partial charge in [-0.2, -0.15) is 0 Å². The smallest absolute Gasteiger partial charge is 0.391 e. The molecule has 9 heteroatoms. The Morgan fingerprint density at radius 1 is 0.417 bits per heavy atom. The minimum absolute atomic E-state index is 0.0660. The zero-order valence-electron chi connectivity index (χ0n) is 55.4. The maximum absolute atomic E-state index is 13.1. The Balaban J connectivity index is 4.15. The number of nitrogens with zero attached hydrogens (tertiary/aromatic N) is 1. The molecule has 0 saturated heterocycles. The number of hydrogen-bond acceptors (Lipinski definition) is 5. The molecule has 484 valence electrons. The highest BCUT2D eigenvalue weighted by Crippen LogP contribution is 2.43. The van der Waals surface area contributed by atoms with Gasteiger partial charge < -0.3 is 19.8 Å². The fourth-order valence-corrected chi connectivity index (χ4v) is 10.6. The van der Waals surface area contributed by atoms with Crippen molar-refractivity contribution in [2.45, 2.75) is 309 Å². The van der Waals surface area contributed by atoms with Gasteiger partial charge in [0.05, 0.1) is 39.9 Å². The highest BCUT2D eigenvalue weighted by molar-refractivity contribution is 7.47. The lowest BCUT2D eigenvalue weighted by Gasteiger charge is -2.26. The van der Waals surface area contributed by atoms with E-state index in [1.54, 1.807) is 0 Å². The van der Waals surface area contributed by atoms with Gasteiger partial charge >= 0.3 is 7.82 Å². The first-order chi connectivity index (χ1) is 41.0. The fraction of sp³-hybridized carbons (Fsp3) is 0.720. The third kappa shape index (κ3) is 66.4. The zero-order valence-corrected chi connectivity index (χ0v) is 56.3. The van der Waals surface area contributed by atoms with E-state index < -0.39 is 20.0 Å². The number of nitrogens with one attached hydrogen (secondary N) is 1. The molecule has 0 saturated carbocycles. The summed E-state index contributed by atoms with van der Waals surface area (Å²) in [5, 5.41) is 14.1. The number of phosphoric acid groups is 1. The molecule has 0 aliphatic rings. The van der Waals surface area contributed by atoms with Crippen molar-refractivity contribution in [2.75, 3.05) is 40.9 Å². The van der Waals surface area contributed by atoms with E-state index in [1.807, 2.05) is 21.1 Å². The van der Waals surface area contributed by atoms with Crippen LogP contribution in [0.15, 0.2) is 122 Å². The number of amides is 1. The number of likely N-dealkylation sites (N-methyl/N-ethyl adjacent to an activating group) is 1. The van der Waals surface area contributed by atoms with Crippen LogP contribution < -0.4 is 5.32 Å². The highest BCUT2D eigenvalue weighted by atomic mass is 31.2. The maximum atomic E-state index is 13.1. The van der Waals surface area contributed by atoms with Crippen LogP contribution in [-0.4, -0.2) is 73.4 Å². The first kappa shape index (κ1) is 80.9. The lowest BCUT2D eigenvalue weighted by Crippen LogP contribution is -2.46. The number of carbonyl (C=O) groups is 1. The molecule has 0 rings (SSSR count).